The maximum Gasteiger partial charge on any atom is 0.245 e. The molecule has 1 N–H and O–H groups in total. The highest BCUT2D eigenvalue weighted by molar-refractivity contribution is 7.93. The highest BCUT2D eigenvalue weighted by atomic mass is 32.2. The first-order valence-corrected chi connectivity index (χ1v) is 13.4. The second-order valence-electron chi connectivity index (χ2n) is 9.74. The number of furan rings is 1. The molecule has 18 heteroatoms. The van der Waals surface area contributed by atoms with Crippen LogP contribution in [0.25, 0.3) is 17.3 Å². The fourth-order valence-electron chi connectivity index (χ4n) is 3.68. The van der Waals surface area contributed by atoms with Gasteiger partial charge in [0, 0.05) is 5.92 Å². The Balaban J connectivity index is 1.84. The van der Waals surface area contributed by atoms with Crippen molar-refractivity contribution in [3.8, 4) is 29.0 Å². The highest BCUT2D eigenvalue weighted by Gasteiger charge is 2.33. The van der Waals surface area contributed by atoms with Crippen molar-refractivity contribution in [2.24, 2.45) is 0 Å². The van der Waals surface area contributed by atoms with Crippen LogP contribution in [0.4, 0.5) is 10.3 Å². The Morgan fingerprint density at radius 2 is 1.64 bits per heavy atom. The van der Waals surface area contributed by atoms with Crippen molar-refractivity contribution in [3.05, 3.63) is 48.3 Å². The van der Waals surface area contributed by atoms with Crippen molar-refractivity contribution in [2.75, 3.05) is 18.9 Å². The molecule has 2 atom stereocenters. The number of methoxy groups -OCH3 is 2. The first-order chi connectivity index (χ1) is 18.4. The van der Waals surface area contributed by atoms with Gasteiger partial charge in [0.2, 0.25) is 33.6 Å². The van der Waals surface area contributed by atoms with Crippen molar-refractivity contribution in [3.63, 3.8) is 0 Å². The van der Waals surface area contributed by atoms with E-state index >= 15 is 0 Å². The van der Waals surface area contributed by atoms with E-state index in [2.05, 4.69) is 34.9 Å². The lowest BCUT2D eigenvalue weighted by Gasteiger charge is -2.20. The molecule has 13 nitrogen and oxygen atoms in total. The van der Waals surface area contributed by atoms with Crippen LogP contribution in [0.3, 0.4) is 0 Å². The Kier molecular flexibility index (Phi) is 7.68. The molecule has 4 rings (SSSR count). The molecule has 0 aliphatic heterocycles. The minimum Gasteiger partial charge on any atom is -0.479 e. The molecule has 202 valence electrons. The maximum absolute atomic E-state index is 13.5. The summed E-state index contributed by atoms with van der Waals surface area (Å²) in [7, 11) is 4.64. The summed E-state index contributed by atoms with van der Waals surface area (Å²) in [4.78, 5) is 16.1. The van der Waals surface area contributed by atoms with Crippen LogP contribution in [-0.2, 0) is 15.1 Å². The number of halogens is 1. The number of hydrogen-bond donors (Lipinski definition) is 1. The number of nitrogens with one attached hydrogen (secondary N) is 1. The van der Waals surface area contributed by atoms with Gasteiger partial charge in [-0.15, -0.1) is 10.2 Å². The van der Waals surface area contributed by atoms with Crippen LogP contribution in [0.1, 0.15) is 31.4 Å². The fraction of sp³-hybridized carbons (Fsp3) is 0.333. The molecule has 0 aromatic carbocycles. The number of nitrogens with zero attached hydrogens (tertiary/aromatic N) is 7. The van der Waals surface area contributed by atoms with Gasteiger partial charge in [-0.1, -0.05) is 12.0 Å². The van der Waals surface area contributed by atoms with Crippen molar-refractivity contribution in [2.45, 2.75) is 30.1 Å². The third-order valence-corrected chi connectivity index (χ3v) is 7.92. The van der Waals surface area contributed by atoms with Crippen molar-refractivity contribution in [1.82, 2.24) is 34.7 Å². The molecular formula is C21H26B3FN8O5S. The van der Waals surface area contributed by atoms with Gasteiger partial charge in [0.05, 0.1) is 61.2 Å². The maximum atomic E-state index is 13.5. The van der Waals surface area contributed by atoms with Crippen molar-refractivity contribution >= 4 is 39.5 Å². The molecule has 0 fully saturated rings. The van der Waals surface area contributed by atoms with E-state index in [1.165, 1.54) is 32.0 Å². The molecule has 39 heavy (non-hydrogen) atoms. The minimum atomic E-state index is -4.13. The summed E-state index contributed by atoms with van der Waals surface area (Å²) in [6, 6.07) is 3.51. The van der Waals surface area contributed by atoms with Gasteiger partial charge in [0.15, 0.2) is 17.3 Å². The molecule has 0 aliphatic rings. The lowest BCUT2D eigenvalue weighted by molar-refractivity contribution is 0.368. The normalized spacial score (nSPS) is 13.6. The van der Waals surface area contributed by atoms with Crippen LogP contribution in [-0.4, -0.2) is 86.1 Å². The van der Waals surface area contributed by atoms with Gasteiger partial charge in [-0.25, -0.2) is 27.3 Å². The number of hydrogen-bond acceptors (Lipinski definition) is 11. The zero-order valence-corrected chi connectivity index (χ0v) is 23.3. The van der Waals surface area contributed by atoms with Gasteiger partial charge in [0.25, 0.3) is 0 Å². The molecule has 0 bridgehead atoms. The second kappa shape index (κ2) is 10.7. The van der Waals surface area contributed by atoms with E-state index < -0.39 is 27.0 Å². The van der Waals surface area contributed by atoms with E-state index in [1.54, 1.807) is 19.1 Å². The second-order valence-corrected chi connectivity index (χ2v) is 11.8. The number of rotatable bonds is 10. The Morgan fingerprint density at radius 1 is 1.03 bits per heavy atom. The molecule has 0 aliphatic carbocycles. The first kappa shape index (κ1) is 28.1. The quantitative estimate of drug-likeness (QED) is 0.245. The average Bonchev–Trinajstić information content (AvgIpc) is 3.55. The molecule has 4 heterocycles. The molecule has 0 saturated carbocycles. The zero-order valence-electron chi connectivity index (χ0n) is 22.5. The fourth-order valence-corrected chi connectivity index (χ4v) is 4.91. The molecule has 0 spiro atoms. The van der Waals surface area contributed by atoms with Crippen LogP contribution in [0.2, 0.25) is 0 Å². The van der Waals surface area contributed by atoms with Crippen molar-refractivity contribution < 1.29 is 26.7 Å². The summed E-state index contributed by atoms with van der Waals surface area (Å²) in [5, 5.41) is 6.99. The molecular weight excluding hydrogens is 528 g/mol. The van der Waals surface area contributed by atoms with E-state index in [-0.39, 0.29) is 40.2 Å². The average molecular weight is 554 g/mol. The van der Waals surface area contributed by atoms with Crippen LogP contribution >= 0.6 is 0 Å². The molecule has 0 unspecified atom stereocenters. The summed E-state index contributed by atoms with van der Waals surface area (Å²) in [5.41, 5.74) is 0.150. The topological polar surface area (TPSA) is 160 Å². The van der Waals surface area contributed by atoms with Crippen LogP contribution in [0.5, 0.6) is 11.8 Å². The predicted octanol–water partition coefficient (Wildman–Crippen LogP) is -0.793. The van der Waals surface area contributed by atoms with E-state index in [0.717, 1.165) is 12.4 Å². The van der Waals surface area contributed by atoms with E-state index in [4.69, 9.17) is 13.9 Å². The molecule has 4 aromatic rings. The Morgan fingerprint density at radius 3 is 2.18 bits per heavy atom. The summed E-state index contributed by atoms with van der Waals surface area (Å²) in [6.45, 7) is 3.11. The smallest absolute Gasteiger partial charge is 0.245 e. The Labute approximate surface area is 227 Å². The predicted molar refractivity (Wildman–Crippen MR) is 147 cm³/mol. The Bertz CT molecular complexity index is 1550. The number of aromatic nitrogens is 7. The van der Waals surface area contributed by atoms with Crippen LogP contribution < -0.4 is 14.2 Å². The zero-order chi connectivity index (χ0) is 28.5. The van der Waals surface area contributed by atoms with E-state index in [9.17, 15) is 12.8 Å². The van der Waals surface area contributed by atoms with Crippen LogP contribution in [0, 0.1) is 5.82 Å². The third kappa shape index (κ3) is 5.60. The lowest BCUT2D eigenvalue weighted by Crippen LogP contribution is -2.31. The molecule has 0 radical (unpaired) electrons. The van der Waals surface area contributed by atoms with Gasteiger partial charge in [-0.2, -0.15) is 9.97 Å². The van der Waals surface area contributed by atoms with Gasteiger partial charge in [0.1, 0.15) is 12.2 Å². The van der Waals surface area contributed by atoms with E-state index in [0.29, 0.717) is 11.5 Å². The summed E-state index contributed by atoms with van der Waals surface area (Å²) >= 11 is 0. The number of anilines is 1. The lowest BCUT2D eigenvalue weighted by atomic mass is 9.42. The first-order valence-electron chi connectivity index (χ1n) is 11.9. The monoisotopic (exact) mass is 554 g/mol. The largest absolute Gasteiger partial charge is 0.479 e. The minimum absolute atomic E-state index is 0.0760. The summed E-state index contributed by atoms with van der Waals surface area (Å²) in [6.07, 6.45) is 3.21. The summed E-state index contributed by atoms with van der Waals surface area (Å²) in [5.74, 6) is -0.0450. The highest BCUT2D eigenvalue weighted by Crippen LogP contribution is 2.36. The van der Waals surface area contributed by atoms with Crippen LogP contribution in [0.15, 0.2) is 35.3 Å². The SMILES string of the molecule is BC(B)(B)c1ccc(-c2nnc(NS(=O)(=O)[C@@H](C)[C@H](C)c3ncc(F)cn3)n2-c2c(OC)ncnc2OC)o1. The standard InChI is InChI=1S/C21H26B3FN8O5S/c1-10(16-26-7-12(25)8-27-16)11(2)39(34,35)32-20-31-30-17(13-5-6-14(38-13)21(22,23)24)33(20)15-18(36-3)28-9-29-19(15)37-4/h5-11H,22-24H2,1-4H3,(H,31,32)/t10-,11-/m0/s1. The summed E-state index contributed by atoms with van der Waals surface area (Å²) < 4.78 is 61.1. The molecule has 4 aromatic heterocycles. The third-order valence-electron chi connectivity index (χ3n) is 6.07. The number of sulfonamides is 1. The molecule has 0 saturated heterocycles. The van der Waals surface area contributed by atoms with Gasteiger partial charge in [-0.05, 0) is 19.1 Å². The van der Waals surface area contributed by atoms with Crippen molar-refractivity contribution in [1.29, 1.82) is 0 Å². The van der Waals surface area contributed by atoms with Gasteiger partial charge < -0.3 is 13.9 Å². The number of ether oxygens (including phenoxy) is 2. The molecule has 0 amide bonds. The van der Waals surface area contributed by atoms with Gasteiger partial charge in [-0.3, -0.25) is 4.72 Å². The Hall–Kier alpha value is -3.95. The van der Waals surface area contributed by atoms with E-state index in [1.807, 2.05) is 23.5 Å². The van der Waals surface area contributed by atoms with Gasteiger partial charge >= 0.3 is 0 Å².